The summed E-state index contributed by atoms with van der Waals surface area (Å²) in [6.45, 7) is 8.09. The van der Waals surface area contributed by atoms with Crippen molar-refractivity contribution in [2.24, 2.45) is 5.92 Å². The maximum Gasteiger partial charge on any atom is 0.238 e. The van der Waals surface area contributed by atoms with Gasteiger partial charge in [0.25, 0.3) is 0 Å². The Morgan fingerprint density at radius 3 is 2.88 bits per heavy atom. The van der Waals surface area contributed by atoms with E-state index in [9.17, 15) is 4.79 Å². The van der Waals surface area contributed by atoms with Crippen LogP contribution in [0, 0.1) is 5.92 Å². The summed E-state index contributed by atoms with van der Waals surface area (Å²) in [5.74, 6) is 1.21. The van der Waals surface area contributed by atoms with Gasteiger partial charge in [-0.25, -0.2) is 0 Å². The Balaban J connectivity index is 1.91. The predicted molar refractivity (Wildman–Crippen MR) is 62.8 cm³/mol. The lowest BCUT2D eigenvalue weighted by Gasteiger charge is -2.19. The number of ketones is 1. The van der Waals surface area contributed by atoms with E-state index in [4.69, 9.17) is 4.52 Å². The van der Waals surface area contributed by atoms with Gasteiger partial charge in [-0.15, -0.1) is 0 Å². The van der Waals surface area contributed by atoms with Gasteiger partial charge in [0.2, 0.25) is 17.5 Å². The van der Waals surface area contributed by atoms with Gasteiger partial charge in [-0.05, 0) is 32.7 Å². The number of likely N-dealkylation sites (tertiary alicyclic amines) is 1. The first-order valence-electron chi connectivity index (χ1n) is 6.14. The molecule has 0 N–H and O–H groups in total. The Bertz CT molecular complexity index is 400. The van der Waals surface area contributed by atoms with Crippen molar-refractivity contribution in [3.8, 4) is 0 Å². The van der Waals surface area contributed by atoms with E-state index in [2.05, 4.69) is 28.9 Å². The van der Waals surface area contributed by atoms with Crippen molar-refractivity contribution >= 4 is 5.78 Å². The first kappa shape index (κ1) is 12.2. The number of carbonyl (C=O) groups is 1. The van der Waals surface area contributed by atoms with Crippen molar-refractivity contribution in [2.75, 3.05) is 13.1 Å². The lowest BCUT2D eigenvalue weighted by atomic mass is 10.1. The third-order valence-electron chi connectivity index (χ3n) is 3.29. The zero-order chi connectivity index (χ0) is 12.4. The van der Waals surface area contributed by atoms with Gasteiger partial charge in [-0.3, -0.25) is 4.79 Å². The molecule has 0 saturated carbocycles. The van der Waals surface area contributed by atoms with E-state index in [1.807, 2.05) is 0 Å². The molecule has 2 heterocycles. The lowest BCUT2D eigenvalue weighted by molar-refractivity contribution is 0.100. The summed E-state index contributed by atoms with van der Waals surface area (Å²) in [5.41, 5.74) is 0. The number of hydrogen-bond donors (Lipinski definition) is 0. The van der Waals surface area contributed by atoms with Gasteiger partial charge in [-0.1, -0.05) is 5.16 Å². The first-order valence-corrected chi connectivity index (χ1v) is 6.14. The molecule has 5 heteroatoms. The highest BCUT2D eigenvalue weighted by atomic mass is 16.5. The summed E-state index contributed by atoms with van der Waals surface area (Å²) in [5, 5.41) is 3.66. The summed E-state index contributed by atoms with van der Waals surface area (Å²) in [4.78, 5) is 17.6. The second-order valence-corrected chi connectivity index (χ2v) is 5.02. The molecule has 1 fully saturated rings. The van der Waals surface area contributed by atoms with Crippen molar-refractivity contribution in [1.82, 2.24) is 15.0 Å². The Morgan fingerprint density at radius 1 is 1.59 bits per heavy atom. The number of aromatic nitrogens is 2. The van der Waals surface area contributed by atoms with Gasteiger partial charge < -0.3 is 9.42 Å². The fourth-order valence-electron chi connectivity index (χ4n) is 2.23. The van der Waals surface area contributed by atoms with Crippen LogP contribution in [0.15, 0.2) is 4.52 Å². The zero-order valence-corrected chi connectivity index (χ0v) is 10.6. The molecule has 1 saturated heterocycles. The van der Waals surface area contributed by atoms with Crippen LogP contribution in [-0.4, -0.2) is 40.0 Å². The molecular weight excluding hydrogens is 218 g/mol. The molecule has 0 amide bonds. The molecule has 0 radical (unpaired) electrons. The molecule has 0 bridgehead atoms. The Kier molecular flexibility index (Phi) is 3.57. The van der Waals surface area contributed by atoms with Gasteiger partial charge in [0.1, 0.15) is 0 Å². The highest BCUT2D eigenvalue weighted by molar-refractivity contribution is 5.89. The SMILES string of the molecule is CC(=O)c1noc(CC2CCN(C(C)C)C2)n1. The Labute approximate surface area is 101 Å². The van der Waals surface area contributed by atoms with Crippen LogP contribution in [0.2, 0.25) is 0 Å². The normalized spacial score (nSPS) is 21.3. The second-order valence-electron chi connectivity index (χ2n) is 5.02. The standard InChI is InChI=1S/C12H19N3O2/c1-8(2)15-5-4-10(7-15)6-11-13-12(9(3)16)14-17-11/h8,10H,4-7H2,1-3H3. The van der Waals surface area contributed by atoms with Crippen LogP contribution >= 0.6 is 0 Å². The number of hydrogen-bond acceptors (Lipinski definition) is 5. The number of nitrogens with zero attached hydrogens (tertiary/aromatic N) is 3. The van der Waals surface area contributed by atoms with E-state index in [0.717, 1.165) is 25.9 Å². The van der Waals surface area contributed by atoms with Crippen molar-refractivity contribution in [3.05, 3.63) is 11.7 Å². The molecular formula is C12H19N3O2. The fourth-order valence-corrected chi connectivity index (χ4v) is 2.23. The average Bonchev–Trinajstić information content (AvgIpc) is 2.87. The zero-order valence-electron chi connectivity index (χ0n) is 10.6. The van der Waals surface area contributed by atoms with Crippen LogP contribution in [0.25, 0.3) is 0 Å². The summed E-state index contributed by atoms with van der Waals surface area (Å²) in [6.07, 6.45) is 1.94. The third kappa shape index (κ3) is 2.91. The number of rotatable bonds is 4. The molecule has 1 aliphatic heterocycles. The molecule has 1 unspecified atom stereocenters. The topological polar surface area (TPSA) is 59.2 Å². The molecule has 1 aliphatic rings. The largest absolute Gasteiger partial charge is 0.339 e. The van der Waals surface area contributed by atoms with Crippen LogP contribution in [0.4, 0.5) is 0 Å². The smallest absolute Gasteiger partial charge is 0.238 e. The Morgan fingerprint density at radius 2 is 2.35 bits per heavy atom. The van der Waals surface area contributed by atoms with Crippen LogP contribution in [-0.2, 0) is 6.42 Å². The maximum atomic E-state index is 11.0. The molecule has 1 aromatic rings. The van der Waals surface area contributed by atoms with E-state index in [-0.39, 0.29) is 11.6 Å². The van der Waals surface area contributed by atoms with Gasteiger partial charge >= 0.3 is 0 Å². The average molecular weight is 237 g/mol. The summed E-state index contributed by atoms with van der Waals surface area (Å²) >= 11 is 0. The van der Waals surface area contributed by atoms with E-state index in [0.29, 0.717) is 17.9 Å². The fraction of sp³-hybridized carbons (Fsp3) is 0.750. The van der Waals surface area contributed by atoms with Crippen molar-refractivity contribution in [2.45, 2.75) is 39.7 Å². The third-order valence-corrected chi connectivity index (χ3v) is 3.29. The highest BCUT2D eigenvalue weighted by Crippen LogP contribution is 2.21. The van der Waals surface area contributed by atoms with Gasteiger partial charge in [0, 0.05) is 25.9 Å². The van der Waals surface area contributed by atoms with Crippen LogP contribution < -0.4 is 0 Å². The molecule has 0 spiro atoms. The van der Waals surface area contributed by atoms with Gasteiger partial charge in [0.05, 0.1) is 0 Å². The van der Waals surface area contributed by atoms with E-state index in [1.165, 1.54) is 6.92 Å². The minimum absolute atomic E-state index is 0.143. The minimum atomic E-state index is -0.143. The Hall–Kier alpha value is -1.23. The van der Waals surface area contributed by atoms with Crippen molar-refractivity contribution < 1.29 is 9.32 Å². The van der Waals surface area contributed by atoms with Crippen LogP contribution in [0.3, 0.4) is 0 Å². The minimum Gasteiger partial charge on any atom is -0.339 e. The molecule has 94 valence electrons. The monoisotopic (exact) mass is 237 g/mol. The number of carbonyl (C=O) groups excluding carboxylic acids is 1. The summed E-state index contributed by atoms with van der Waals surface area (Å²) in [7, 11) is 0. The first-order chi connectivity index (χ1) is 8.06. The van der Waals surface area contributed by atoms with E-state index >= 15 is 0 Å². The van der Waals surface area contributed by atoms with Crippen molar-refractivity contribution in [3.63, 3.8) is 0 Å². The van der Waals surface area contributed by atoms with E-state index in [1.54, 1.807) is 0 Å². The van der Waals surface area contributed by atoms with Gasteiger partial charge in [-0.2, -0.15) is 4.98 Å². The second kappa shape index (κ2) is 4.96. The number of Topliss-reactive ketones (excluding diaryl/α,β-unsaturated/α-hetero) is 1. The molecule has 1 aromatic heterocycles. The highest BCUT2D eigenvalue weighted by Gasteiger charge is 2.26. The molecule has 1 atom stereocenters. The summed E-state index contributed by atoms with van der Waals surface area (Å²) < 4.78 is 5.08. The van der Waals surface area contributed by atoms with Crippen LogP contribution in [0.1, 0.15) is 43.7 Å². The quantitative estimate of drug-likeness (QED) is 0.743. The predicted octanol–water partition coefficient (Wildman–Crippen LogP) is 1.54. The molecule has 17 heavy (non-hydrogen) atoms. The van der Waals surface area contributed by atoms with Crippen LogP contribution in [0.5, 0.6) is 0 Å². The van der Waals surface area contributed by atoms with E-state index < -0.39 is 0 Å². The molecule has 2 rings (SSSR count). The molecule has 0 aliphatic carbocycles. The van der Waals surface area contributed by atoms with Gasteiger partial charge in [0.15, 0.2) is 0 Å². The lowest BCUT2D eigenvalue weighted by Crippen LogP contribution is -2.28. The van der Waals surface area contributed by atoms with Crippen molar-refractivity contribution in [1.29, 1.82) is 0 Å². The maximum absolute atomic E-state index is 11.0. The molecule has 0 aromatic carbocycles. The molecule has 5 nitrogen and oxygen atoms in total. The summed E-state index contributed by atoms with van der Waals surface area (Å²) in [6, 6.07) is 0.593.